The summed E-state index contributed by atoms with van der Waals surface area (Å²) in [6, 6.07) is 1.37. The normalized spacial score (nSPS) is 13.2. The summed E-state index contributed by atoms with van der Waals surface area (Å²) in [5, 5.41) is 10.5. The number of nitro groups is 1. The van der Waals surface area contributed by atoms with Crippen molar-refractivity contribution in [2.45, 2.75) is 12.2 Å². The van der Waals surface area contributed by atoms with Crippen LogP contribution in [0, 0.1) is 10.1 Å². The van der Waals surface area contributed by atoms with Crippen LogP contribution in [-0.4, -0.2) is 4.92 Å². The van der Waals surface area contributed by atoms with Gasteiger partial charge in [-0.1, -0.05) is 6.08 Å². The van der Waals surface area contributed by atoms with Crippen LogP contribution in [0.1, 0.15) is 17.2 Å². The zero-order chi connectivity index (χ0) is 13.2. The summed E-state index contributed by atoms with van der Waals surface area (Å²) in [6.07, 6.45) is -3.44. The van der Waals surface area contributed by atoms with Gasteiger partial charge in [0.25, 0.3) is 5.69 Å². The van der Waals surface area contributed by atoms with Gasteiger partial charge in [0.05, 0.1) is 10.5 Å². The molecule has 0 unspecified atom stereocenters. The first-order chi connectivity index (χ1) is 7.75. The summed E-state index contributed by atoms with van der Waals surface area (Å²) < 4.78 is 37.5. The van der Waals surface area contributed by atoms with E-state index in [1.165, 1.54) is 6.08 Å². The lowest BCUT2D eigenvalue weighted by Gasteiger charge is -2.11. The molecule has 0 saturated carbocycles. The van der Waals surface area contributed by atoms with E-state index in [0.717, 1.165) is 12.1 Å². The molecule has 1 atom stereocenters. The molecular weight excluding hydrogens is 237 g/mol. The number of benzene rings is 1. The Morgan fingerprint density at radius 2 is 2.00 bits per heavy atom. The molecule has 0 spiro atoms. The fourth-order valence-corrected chi connectivity index (χ4v) is 1.23. The molecule has 0 bridgehead atoms. The lowest BCUT2D eigenvalue weighted by Crippen LogP contribution is -2.11. The van der Waals surface area contributed by atoms with Crippen molar-refractivity contribution in [3.8, 4) is 0 Å². The van der Waals surface area contributed by atoms with Gasteiger partial charge >= 0.3 is 6.18 Å². The summed E-state index contributed by atoms with van der Waals surface area (Å²) in [6.45, 7) is 3.33. The first-order valence-electron chi connectivity index (χ1n) is 4.50. The topological polar surface area (TPSA) is 69.2 Å². The second kappa shape index (κ2) is 4.54. The van der Waals surface area contributed by atoms with Crippen LogP contribution in [0.2, 0.25) is 0 Å². The van der Waals surface area contributed by atoms with Crippen LogP contribution in [-0.2, 0) is 6.18 Å². The fraction of sp³-hybridized carbons (Fsp3) is 0.200. The second-order valence-electron chi connectivity index (χ2n) is 3.33. The number of rotatable bonds is 3. The lowest BCUT2D eigenvalue weighted by atomic mass is 10.0. The van der Waals surface area contributed by atoms with Crippen LogP contribution in [0.25, 0.3) is 0 Å². The molecule has 0 aliphatic heterocycles. The molecule has 7 heteroatoms. The highest BCUT2D eigenvalue weighted by molar-refractivity contribution is 5.42. The maximum Gasteiger partial charge on any atom is 0.416 e. The summed E-state index contributed by atoms with van der Waals surface area (Å²) in [4.78, 5) is 9.62. The summed E-state index contributed by atoms with van der Waals surface area (Å²) in [7, 11) is 0. The number of non-ortho nitro benzene ring substituents is 1. The minimum absolute atomic E-state index is 0.00141. The van der Waals surface area contributed by atoms with E-state index in [2.05, 4.69) is 6.58 Å². The van der Waals surface area contributed by atoms with Gasteiger partial charge in [-0.05, 0) is 11.6 Å². The smallest absolute Gasteiger partial charge is 0.321 e. The largest absolute Gasteiger partial charge is 0.416 e. The summed E-state index contributed by atoms with van der Waals surface area (Å²) in [5.41, 5.74) is 3.72. The molecular formula is C10H9F3N2O2. The van der Waals surface area contributed by atoms with Gasteiger partial charge in [-0.2, -0.15) is 13.2 Å². The Labute approximate surface area is 94.7 Å². The number of alkyl halides is 3. The molecule has 4 nitrogen and oxygen atoms in total. The highest BCUT2D eigenvalue weighted by Gasteiger charge is 2.33. The van der Waals surface area contributed by atoms with Crippen molar-refractivity contribution in [3.05, 3.63) is 52.1 Å². The third-order valence-electron chi connectivity index (χ3n) is 2.12. The SMILES string of the molecule is C=C[C@@H](N)c1cc([N+](=O)[O-])cc(C(F)(F)F)c1. The molecule has 0 fully saturated rings. The molecule has 0 aliphatic carbocycles. The van der Waals surface area contributed by atoms with Gasteiger partial charge in [0.1, 0.15) is 0 Å². The van der Waals surface area contributed by atoms with Crippen LogP contribution >= 0.6 is 0 Å². The van der Waals surface area contributed by atoms with Gasteiger partial charge in [-0.25, -0.2) is 0 Å². The van der Waals surface area contributed by atoms with Gasteiger partial charge < -0.3 is 5.73 Å². The maximum absolute atomic E-state index is 12.5. The molecule has 1 aromatic carbocycles. The highest BCUT2D eigenvalue weighted by Crippen LogP contribution is 2.33. The highest BCUT2D eigenvalue weighted by atomic mass is 19.4. The van der Waals surface area contributed by atoms with Crippen molar-refractivity contribution >= 4 is 5.69 Å². The van der Waals surface area contributed by atoms with Gasteiger partial charge in [0.2, 0.25) is 0 Å². The van der Waals surface area contributed by atoms with Crippen LogP contribution in [0.15, 0.2) is 30.9 Å². The van der Waals surface area contributed by atoms with Gasteiger partial charge in [-0.3, -0.25) is 10.1 Å². The molecule has 0 aliphatic rings. The predicted molar refractivity (Wildman–Crippen MR) is 55.2 cm³/mol. The van der Waals surface area contributed by atoms with E-state index in [1.54, 1.807) is 0 Å². The van der Waals surface area contributed by atoms with Crippen molar-refractivity contribution < 1.29 is 18.1 Å². The minimum Gasteiger partial charge on any atom is -0.321 e. The first kappa shape index (κ1) is 13.2. The van der Waals surface area contributed by atoms with Crippen LogP contribution in [0.3, 0.4) is 0 Å². The standard InChI is InChI=1S/C10H9F3N2O2/c1-2-9(14)6-3-7(10(11,12)13)5-8(4-6)15(16)17/h2-5,9H,1,14H2/t9-/m1/s1. The molecule has 0 radical (unpaired) electrons. The molecule has 1 aromatic rings. The Morgan fingerprint density at radius 3 is 2.41 bits per heavy atom. The van der Waals surface area contributed by atoms with E-state index in [4.69, 9.17) is 5.73 Å². The summed E-state index contributed by atoms with van der Waals surface area (Å²) in [5.74, 6) is 0. The molecule has 0 heterocycles. The predicted octanol–water partition coefficient (Wildman–Crippen LogP) is 2.80. The van der Waals surface area contributed by atoms with Crippen molar-refractivity contribution in [2.75, 3.05) is 0 Å². The minimum atomic E-state index is -4.65. The van der Waals surface area contributed by atoms with Crippen LogP contribution in [0.5, 0.6) is 0 Å². The van der Waals surface area contributed by atoms with E-state index in [-0.39, 0.29) is 5.56 Å². The Kier molecular flexibility index (Phi) is 3.52. The van der Waals surface area contributed by atoms with E-state index in [0.29, 0.717) is 6.07 Å². The Morgan fingerprint density at radius 1 is 1.41 bits per heavy atom. The van der Waals surface area contributed by atoms with Gasteiger partial charge in [-0.15, -0.1) is 6.58 Å². The maximum atomic E-state index is 12.5. The number of hydrogen-bond donors (Lipinski definition) is 1. The molecule has 0 saturated heterocycles. The molecule has 17 heavy (non-hydrogen) atoms. The number of nitrogens with two attached hydrogens (primary N) is 1. The average molecular weight is 246 g/mol. The monoisotopic (exact) mass is 246 g/mol. The first-order valence-corrected chi connectivity index (χ1v) is 4.50. The van der Waals surface area contributed by atoms with Crippen molar-refractivity contribution in [2.24, 2.45) is 5.73 Å². The van der Waals surface area contributed by atoms with Crippen LogP contribution < -0.4 is 5.73 Å². The molecule has 1 rings (SSSR count). The molecule has 0 aromatic heterocycles. The van der Waals surface area contributed by atoms with E-state index in [9.17, 15) is 23.3 Å². The van der Waals surface area contributed by atoms with E-state index in [1.807, 2.05) is 0 Å². The third kappa shape index (κ3) is 3.04. The lowest BCUT2D eigenvalue weighted by molar-refractivity contribution is -0.385. The Bertz CT molecular complexity index is 457. The number of hydrogen-bond acceptors (Lipinski definition) is 3. The number of nitrogens with zero attached hydrogens (tertiary/aromatic N) is 1. The molecule has 2 N–H and O–H groups in total. The van der Waals surface area contributed by atoms with Crippen LogP contribution in [0.4, 0.5) is 18.9 Å². The summed E-state index contributed by atoms with van der Waals surface area (Å²) >= 11 is 0. The van der Waals surface area contributed by atoms with Gasteiger partial charge in [0.15, 0.2) is 0 Å². The zero-order valence-corrected chi connectivity index (χ0v) is 8.57. The number of nitro benzene ring substituents is 1. The Balaban J connectivity index is 3.38. The Hall–Kier alpha value is -1.89. The van der Waals surface area contributed by atoms with Crippen molar-refractivity contribution in [3.63, 3.8) is 0 Å². The fourth-order valence-electron chi connectivity index (χ4n) is 1.23. The zero-order valence-electron chi connectivity index (χ0n) is 8.57. The third-order valence-corrected chi connectivity index (χ3v) is 2.12. The van der Waals surface area contributed by atoms with Crippen molar-refractivity contribution in [1.82, 2.24) is 0 Å². The molecule has 0 amide bonds. The molecule has 92 valence electrons. The number of halogens is 3. The van der Waals surface area contributed by atoms with Gasteiger partial charge in [0, 0.05) is 18.2 Å². The van der Waals surface area contributed by atoms with E-state index >= 15 is 0 Å². The second-order valence-corrected chi connectivity index (χ2v) is 3.33. The van der Waals surface area contributed by atoms with E-state index < -0.39 is 28.4 Å². The van der Waals surface area contributed by atoms with Crippen molar-refractivity contribution in [1.29, 1.82) is 0 Å². The quantitative estimate of drug-likeness (QED) is 0.506. The average Bonchev–Trinajstić information content (AvgIpc) is 2.26.